The van der Waals surface area contributed by atoms with E-state index < -0.39 is 29.5 Å². The van der Waals surface area contributed by atoms with Gasteiger partial charge in [0.2, 0.25) is 0 Å². The first-order chi connectivity index (χ1) is 20.3. The van der Waals surface area contributed by atoms with Crippen molar-refractivity contribution in [3.8, 4) is 11.8 Å². The highest BCUT2D eigenvalue weighted by atomic mass is 19.4. The average molecular weight is 590 g/mol. The number of carbonyl (C=O) groups is 2. The molecule has 11 heteroatoms. The molecule has 1 unspecified atom stereocenters. The number of amides is 2. The van der Waals surface area contributed by atoms with Gasteiger partial charge in [0.05, 0.1) is 11.8 Å². The van der Waals surface area contributed by atoms with Crippen LogP contribution >= 0.6 is 0 Å². The van der Waals surface area contributed by atoms with Gasteiger partial charge in [0.1, 0.15) is 11.3 Å². The van der Waals surface area contributed by atoms with Gasteiger partial charge in [-0.05, 0) is 61.7 Å². The zero-order valence-corrected chi connectivity index (χ0v) is 23.8. The van der Waals surface area contributed by atoms with Crippen LogP contribution in [0.5, 0.6) is 0 Å². The molecular weight excluding hydrogens is 559 g/mol. The van der Waals surface area contributed by atoms with E-state index in [1.54, 1.807) is 51.1 Å². The molecule has 0 saturated carbocycles. The van der Waals surface area contributed by atoms with Crippen molar-refractivity contribution < 1.29 is 27.5 Å². The summed E-state index contributed by atoms with van der Waals surface area (Å²) in [6.07, 6.45) is -5.25. The molecule has 4 aromatic rings. The van der Waals surface area contributed by atoms with E-state index >= 15 is 0 Å². The first-order valence-electron chi connectivity index (χ1n) is 13.4. The lowest BCUT2D eigenvalue weighted by atomic mass is 9.89. The summed E-state index contributed by atoms with van der Waals surface area (Å²) in [5.41, 5.74) is 0.495. The predicted molar refractivity (Wildman–Crippen MR) is 155 cm³/mol. The number of rotatable bonds is 8. The number of halogens is 3. The van der Waals surface area contributed by atoms with E-state index in [2.05, 4.69) is 21.8 Å². The first kappa shape index (κ1) is 30.8. The van der Waals surface area contributed by atoms with Crippen molar-refractivity contribution in [3.63, 3.8) is 0 Å². The summed E-state index contributed by atoms with van der Waals surface area (Å²) < 4.78 is 47.2. The molecule has 43 heavy (non-hydrogen) atoms. The third-order valence-corrected chi connectivity index (χ3v) is 6.27. The summed E-state index contributed by atoms with van der Waals surface area (Å²) >= 11 is 0. The predicted octanol–water partition coefficient (Wildman–Crippen LogP) is 7.21. The summed E-state index contributed by atoms with van der Waals surface area (Å²) in [6.45, 7) is 5.20. The molecule has 222 valence electrons. The topological polar surface area (TPSA) is 109 Å². The van der Waals surface area contributed by atoms with Crippen LogP contribution in [0.15, 0.2) is 84.9 Å². The van der Waals surface area contributed by atoms with Gasteiger partial charge in [-0.1, -0.05) is 54.6 Å². The maximum absolute atomic E-state index is 13.7. The Morgan fingerprint density at radius 2 is 1.65 bits per heavy atom. The largest absolute Gasteiger partial charge is 0.444 e. The third-order valence-electron chi connectivity index (χ3n) is 6.27. The minimum Gasteiger partial charge on any atom is -0.444 e. The van der Waals surface area contributed by atoms with E-state index in [1.807, 2.05) is 36.4 Å². The fraction of sp³-hybridized carbons (Fsp3) is 0.250. The van der Waals surface area contributed by atoms with Gasteiger partial charge in [0, 0.05) is 30.6 Å². The molecule has 2 N–H and O–H groups in total. The van der Waals surface area contributed by atoms with E-state index in [0.29, 0.717) is 17.3 Å². The Morgan fingerprint density at radius 1 is 0.953 bits per heavy atom. The maximum Gasteiger partial charge on any atom is 0.435 e. The molecule has 3 aromatic carbocycles. The number of hydrogen-bond acceptors (Lipinski definition) is 5. The molecule has 4 rings (SSSR count). The maximum atomic E-state index is 13.7. The quantitative estimate of drug-likeness (QED) is 0.226. The minimum atomic E-state index is -4.80. The second kappa shape index (κ2) is 12.8. The summed E-state index contributed by atoms with van der Waals surface area (Å²) in [7, 11) is 0. The number of nitrogens with zero attached hydrogens (tertiary/aromatic N) is 3. The van der Waals surface area contributed by atoms with E-state index in [0.717, 1.165) is 15.8 Å². The van der Waals surface area contributed by atoms with Gasteiger partial charge in [0.25, 0.3) is 5.91 Å². The number of carbonyl (C=O) groups excluding carboxylic acids is 2. The molecule has 0 radical (unpaired) electrons. The van der Waals surface area contributed by atoms with E-state index in [9.17, 15) is 28.0 Å². The normalized spacial score (nSPS) is 12.2. The fourth-order valence-electron chi connectivity index (χ4n) is 4.40. The molecule has 1 atom stereocenters. The molecule has 2 amide bonds. The van der Waals surface area contributed by atoms with Crippen molar-refractivity contribution in [1.82, 2.24) is 15.1 Å². The fourth-order valence-corrected chi connectivity index (χ4v) is 4.40. The zero-order valence-electron chi connectivity index (χ0n) is 23.8. The lowest BCUT2D eigenvalue weighted by Crippen LogP contribution is -2.32. The molecule has 0 fully saturated rings. The summed E-state index contributed by atoms with van der Waals surface area (Å²) in [5.74, 6) is -1.07. The van der Waals surface area contributed by atoms with Gasteiger partial charge in [-0.15, -0.1) is 0 Å². The van der Waals surface area contributed by atoms with Crippen LogP contribution < -0.4 is 10.6 Å². The van der Waals surface area contributed by atoms with Crippen LogP contribution in [-0.4, -0.2) is 27.4 Å². The average Bonchev–Trinajstić information content (AvgIpc) is 3.42. The number of benzene rings is 3. The number of aromatic nitrogens is 2. The first-order valence-corrected chi connectivity index (χ1v) is 13.4. The SMILES string of the molecule is CC(C)(C)OC(=O)NCc1cccc(-n2nc(C(F)(F)F)cc2C(=O)Nc2cccc(C(CC#N)c3ccccc3)c2)c1. The molecule has 1 aromatic heterocycles. The zero-order chi connectivity index (χ0) is 31.2. The Hall–Kier alpha value is -5.11. The summed E-state index contributed by atoms with van der Waals surface area (Å²) in [5, 5.41) is 18.4. The number of alkyl halides is 3. The van der Waals surface area contributed by atoms with Crippen LogP contribution in [-0.2, 0) is 17.5 Å². The smallest absolute Gasteiger partial charge is 0.435 e. The number of hydrogen-bond donors (Lipinski definition) is 2. The Kier molecular flexibility index (Phi) is 9.19. The molecule has 0 bridgehead atoms. The van der Waals surface area contributed by atoms with Crippen LogP contribution in [0, 0.1) is 11.3 Å². The monoisotopic (exact) mass is 589 g/mol. The highest BCUT2D eigenvalue weighted by Crippen LogP contribution is 2.31. The van der Waals surface area contributed by atoms with Gasteiger partial charge in [-0.2, -0.15) is 23.5 Å². The van der Waals surface area contributed by atoms with Crippen LogP contribution in [0.4, 0.5) is 23.7 Å². The minimum absolute atomic E-state index is 0.0375. The summed E-state index contributed by atoms with van der Waals surface area (Å²) in [6, 6.07) is 25.4. The van der Waals surface area contributed by atoms with Crippen molar-refractivity contribution in [3.05, 3.63) is 113 Å². The van der Waals surface area contributed by atoms with Crippen molar-refractivity contribution in [2.24, 2.45) is 0 Å². The number of alkyl carbamates (subject to hydrolysis) is 1. The number of anilines is 1. The molecule has 0 spiro atoms. The Labute approximate surface area is 247 Å². The Bertz CT molecular complexity index is 1640. The second-order valence-corrected chi connectivity index (χ2v) is 10.8. The van der Waals surface area contributed by atoms with Crippen LogP contribution in [0.25, 0.3) is 5.69 Å². The molecular formula is C32H30F3N5O3. The molecule has 0 aliphatic rings. The molecule has 0 saturated heterocycles. The standard InChI is InChI=1S/C32H30F3N5O3/c1-31(2,3)43-30(42)37-20-21-9-7-14-25(17-21)40-27(19-28(39-40)32(33,34)35)29(41)38-24-13-8-12-23(18-24)26(15-16-36)22-10-5-4-6-11-22/h4-14,17-19,26H,15,20H2,1-3H3,(H,37,42)(H,38,41). The summed E-state index contributed by atoms with van der Waals surface area (Å²) in [4.78, 5) is 25.4. The number of nitrogens with one attached hydrogen (secondary N) is 2. The van der Waals surface area contributed by atoms with Gasteiger partial charge in [-0.25, -0.2) is 9.48 Å². The third kappa shape index (κ3) is 8.23. The molecule has 8 nitrogen and oxygen atoms in total. The van der Waals surface area contributed by atoms with E-state index in [4.69, 9.17) is 4.74 Å². The second-order valence-electron chi connectivity index (χ2n) is 10.8. The lowest BCUT2D eigenvalue weighted by Gasteiger charge is -2.19. The van der Waals surface area contributed by atoms with Crippen molar-refractivity contribution >= 4 is 17.7 Å². The number of nitriles is 1. The number of ether oxygens (including phenoxy) is 1. The van der Waals surface area contributed by atoms with E-state index in [1.165, 1.54) is 12.1 Å². The Morgan fingerprint density at radius 3 is 2.33 bits per heavy atom. The van der Waals surface area contributed by atoms with Crippen molar-refractivity contribution in [2.45, 2.75) is 51.4 Å². The lowest BCUT2D eigenvalue weighted by molar-refractivity contribution is -0.141. The molecule has 0 aliphatic heterocycles. The van der Waals surface area contributed by atoms with Gasteiger partial charge in [0.15, 0.2) is 5.69 Å². The van der Waals surface area contributed by atoms with Crippen LogP contribution in [0.3, 0.4) is 0 Å². The van der Waals surface area contributed by atoms with E-state index in [-0.39, 0.29) is 30.3 Å². The van der Waals surface area contributed by atoms with Gasteiger partial charge in [-0.3, -0.25) is 4.79 Å². The molecule has 1 heterocycles. The van der Waals surface area contributed by atoms with Crippen molar-refractivity contribution in [1.29, 1.82) is 5.26 Å². The molecule has 0 aliphatic carbocycles. The van der Waals surface area contributed by atoms with Gasteiger partial charge >= 0.3 is 12.3 Å². The van der Waals surface area contributed by atoms with Crippen LogP contribution in [0.2, 0.25) is 0 Å². The highest BCUT2D eigenvalue weighted by Gasteiger charge is 2.36. The van der Waals surface area contributed by atoms with Crippen LogP contribution in [0.1, 0.15) is 66.0 Å². The van der Waals surface area contributed by atoms with Gasteiger partial charge < -0.3 is 15.4 Å². The highest BCUT2D eigenvalue weighted by molar-refractivity contribution is 6.03. The Balaban J connectivity index is 1.61. The van der Waals surface area contributed by atoms with Crippen molar-refractivity contribution in [2.75, 3.05) is 5.32 Å².